The van der Waals surface area contributed by atoms with Crippen LogP contribution in [0.25, 0.3) is 43.3 Å². The Morgan fingerprint density at radius 2 is 1.76 bits per heavy atom. The van der Waals surface area contributed by atoms with Crippen molar-refractivity contribution in [2.24, 2.45) is 0 Å². The topological polar surface area (TPSA) is 96.5 Å². The summed E-state index contributed by atoms with van der Waals surface area (Å²) in [5.41, 5.74) is 1.65. The van der Waals surface area contributed by atoms with E-state index in [1.807, 2.05) is 24.3 Å². The van der Waals surface area contributed by atoms with Gasteiger partial charge in [0.05, 0.1) is 49.4 Å². The second kappa shape index (κ2) is 7.62. The fourth-order valence-electron chi connectivity index (χ4n) is 3.84. The fraction of sp³-hybridized carbons (Fsp3) is 0.115. The summed E-state index contributed by atoms with van der Waals surface area (Å²) in [5, 5.41) is 32.7. The molecule has 5 rings (SSSR count). The standard InChI is InChI=1S/C26H15ClN4OS/c1-26(2,32)9-8-17-11-20-19-10-16(27)6-7-18(19)22-23(24(20)33-17)31-25(30-22)21-14(12-28)4-3-5-15(21)13-29/h3-7,10-11,32H,1-2H3,(H,30,31). The van der Waals surface area contributed by atoms with Crippen molar-refractivity contribution >= 4 is 54.8 Å². The summed E-state index contributed by atoms with van der Waals surface area (Å²) >= 11 is 7.81. The number of aromatic nitrogens is 2. The van der Waals surface area contributed by atoms with Crippen LogP contribution in [-0.2, 0) is 0 Å². The highest BCUT2D eigenvalue weighted by atomic mass is 35.5. The van der Waals surface area contributed by atoms with E-state index in [0.717, 1.165) is 36.8 Å². The van der Waals surface area contributed by atoms with E-state index in [1.54, 1.807) is 32.0 Å². The third kappa shape index (κ3) is 3.59. The molecule has 5 aromatic rings. The molecule has 3 aromatic carbocycles. The van der Waals surface area contributed by atoms with Gasteiger partial charge in [0.25, 0.3) is 0 Å². The number of benzene rings is 3. The monoisotopic (exact) mass is 466 g/mol. The lowest BCUT2D eigenvalue weighted by atomic mass is 10.0. The van der Waals surface area contributed by atoms with Crippen molar-refractivity contribution < 1.29 is 5.11 Å². The van der Waals surface area contributed by atoms with Crippen molar-refractivity contribution in [1.29, 1.82) is 10.5 Å². The second-order valence-electron chi connectivity index (χ2n) is 8.11. The highest BCUT2D eigenvalue weighted by molar-refractivity contribution is 7.20. The summed E-state index contributed by atoms with van der Waals surface area (Å²) in [4.78, 5) is 8.99. The first-order valence-electron chi connectivity index (χ1n) is 10.0. The predicted molar refractivity (Wildman–Crippen MR) is 132 cm³/mol. The Bertz CT molecular complexity index is 1720. The van der Waals surface area contributed by atoms with Crippen LogP contribution in [0.5, 0.6) is 0 Å². The van der Waals surface area contributed by atoms with Crippen molar-refractivity contribution in [2.45, 2.75) is 19.4 Å². The van der Waals surface area contributed by atoms with E-state index in [0.29, 0.717) is 27.5 Å². The SMILES string of the molecule is CC(C)(O)C#Cc1cc2c3cc(Cl)ccc3c3nc(-c4c(C#N)cccc4C#N)[nH]c3c2s1. The number of hydrogen-bond donors (Lipinski definition) is 2. The fourth-order valence-corrected chi connectivity index (χ4v) is 5.04. The molecular formula is C26H15ClN4OS. The molecule has 0 aliphatic carbocycles. The van der Waals surface area contributed by atoms with Crippen molar-refractivity contribution in [3.8, 4) is 35.4 Å². The lowest BCUT2D eigenvalue weighted by Crippen LogP contribution is -2.14. The average molecular weight is 467 g/mol. The van der Waals surface area contributed by atoms with Crippen LogP contribution in [0, 0.1) is 34.5 Å². The maximum Gasteiger partial charge on any atom is 0.141 e. The van der Waals surface area contributed by atoms with Gasteiger partial charge in [-0.05, 0) is 49.6 Å². The highest BCUT2D eigenvalue weighted by Gasteiger charge is 2.20. The van der Waals surface area contributed by atoms with E-state index in [-0.39, 0.29) is 0 Å². The largest absolute Gasteiger partial charge is 0.378 e. The molecule has 0 unspecified atom stereocenters. The Labute approximate surface area is 198 Å². The Morgan fingerprint density at radius 1 is 1.03 bits per heavy atom. The molecule has 0 aliphatic rings. The molecule has 2 heterocycles. The number of nitrogens with one attached hydrogen (secondary N) is 1. The van der Waals surface area contributed by atoms with Crippen LogP contribution in [0.1, 0.15) is 29.9 Å². The Kier molecular flexibility index (Phi) is 4.85. The molecule has 158 valence electrons. The van der Waals surface area contributed by atoms with E-state index >= 15 is 0 Å². The van der Waals surface area contributed by atoms with Crippen molar-refractivity contribution in [1.82, 2.24) is 9.97 Å². The molecule has 2 aromatic heterocycles. The molecule has 7 heteroatoms. The van der Waals surface area contributed by atoms with E-state index < -0.39 is 5.60 Å². The number of halogens is 1. The van der Waals surface area contributed by atoms with Gasteiger partial charge in [-0.2, -0.15) is 10.5 Å². The first-order chi connectivity index (χ1) is 15.8. The molecule has 0 fully saturated rings. The Hall–Kier alpha value is -3.86. The zero-order valence-electron chi connectivity index (χ0n) is 17.6. The molecule has 0 aliphatic heterocycles. The van der Waals surface area contributed by atoms with Crippen molar-refractivity contribution in [3.63, 3.8) is 0 Å². The molecular weight excluding hydrogens is 452 g/mol. The van der Waals surface area contributed by atoms with Crippen LogP contribution in [0.2, 0.25) is 5.02 Å². The lowest BCUT2D eigenvalue weighted by molar-refractivity contribution is 0.143. The number of rotatable bonds is 1. The third-order valence-electron chi connectivity index (χ3n) is 5.22. The number of aliphatic hydroxyl groups is 1. The van der Waals surface area contributed by atoms with Gasteiger partial charge >= 0.3 is 0 Å². The van der Waals surface area contributed by atoms with E-state index in [1.165, 1.54) is 11.3 Å². The number of imidazole rings is 1. The third-order valence-corrected chi connectivity index (χ3v) is 6.53. The Balaban J connectivity index is 1.89. The van der Waals surface area contributed by atoms with Gasteiger partial charge in [-0.25, -0.2) is 4.98 Å². The summed E-state index contributed by atoms with van der Waals surface area (Å²) in [6.07, 6.45) is 0. The molecule has 0 atom stereocenters. The minimum absolute atomic E-state index is 0.375. The van der Waals surface area contributed by atoms with Gasteiger partial charge < -0.3 is 10.1 Å². The van der Waals surface area contributed by atoms with Gasteiger partial charge in [0.15, 0.2) is 0 Å². The van der Waals surface area contributed by atoms with E-state index in [4.69, 9.17) is 16.6 Å². The maximum absolute atomic E-state index is 10.0. The van der Waals surface area contributed by atoms with Gasteiger partial charge in [0.1, 0.15) is 11.4 Å². The molecule has 0 bridgehead atoms. The summed E-state index contributed by atoms with van der Waals surface area (Å²) in [5.74, 6) is 6.38. The number of nitrogens with zero attached hydrogens (tertiary/aromatic N) is 3. The van der Waals surface area contributed by atoms with Crippen LogP contribution < -0.4 is 0 Å². The van der Waals surface area contributed by atoms with Crippen LogP contribution in [0.4, 0.5) is 0 Å². The van der Waals surface area contributed by atoms with Crippen molar-refractivity contribution in [3.05, 3.63) is 63.5 Å². The first-order valence-corrected chi connectivity index (χ1v) is 11.2. The van der Waals surface area contributed by atoms with Crippen LogP contribution >= 0.6 is 22.9 Å². The number of hydrogen-bond acceptors (Lipinski definition) is 5. The lowest BCUT2D eigenvalue weighted by Gasteiger charge is -2.05. The summed E-state index contributed by atoms with van der Waals surface area (Å²) < 4.78 is 0.937. The quantitative estimate of drug-likeness (QED) is 0.291. The predicted octanol–water partition coefficient (Wildman–Crippen LogP) is 6.12. The summed E-state index contributed by atoms with van der Waals surface area (Å²) in [6.45, 7) is 3.28. The van der Waals surface area contributed by atoms with E-state index in [9.17, 15) is 15.6 Å². The molecule has 5 nitrogen and oxygen atoms in total. The Morgan fingerprint density at radius 3 is 2.42 bits per heavy atom. The highest BCUT2D eigenvalue weighted by Crippen LogP contribution is 2.41. The zero-order chi connectivity index (χ0) is 23.3. The average Bonchev–Trinajstić information content (AvgIpc) is 3.41. The molecule has 0 radical (unpaired) electrons. The molecule has 0 amide bonds. The number of fused-ring (bicyclic) bond motifs is 6. The maximum atomic E-state index is 10.0. The number of aromatic amines is 1. The van der Waals surface area contributed by atoms with Crippen LogP contribution in [-0.4, -0.2) is 20.7 Å². The molecule has 0 saturated carbocycles. The molecule has 0 spiro atoms. The van der Waals surface area contributed by atoms with E-state index in [2.05, 4.69) is 29.0 Å². The molecule has 2 N–H and O–H groups in total. The molecule has 33 heavy (non-hydrogen) atoms. The van der Waals surface area contributed by atoms with Crippen LogP contribution in [0.3, 0.4) is 0 Å². The number of nitriles is 2. The van der Waals surface area contributed by atoms with Gasteiger partial charge in [-0.1, -0.05) is 35.6 Å². The molecule has 0 saturated heterocycles. The van der Waals surface area contributed by atoms with Gasteiger partial charge in [-0.3, -0.25) is 0 Å². The first kappa shape index (κ1) is 21.0. The second-order valence-corrected chi connectivity index (χ2v) is 9.60. The smallest absolute Gasteiger partial charge is 0.141 e. The van der Waals surface area contributed by atoms with Crippen LogP contribution in [0.15, 0.2) is 42.5 Å². The minimum atomic E-state index is -1.10. The van der Waals surface area contributed by atoms with Gasteiger partial charge in [0, 0.05) is 15.8 Å². The minimum Gasteiger partial charge on any atom is -0.378 e. The van der Waals surface area contributed by atoms with Crippen molar-refractivity contribution in [2.75, 3.05) is 0 Å². The summed E-state index contributed by atoms with van der Waals surface area (Å²) in [7, 11) is 0. The zero-order valence-corrected chi connectivity index (χ0v) is 19.2. The normalized spacial score (nSPS) is 11.3. The number of thiophene rings is 1. The van der Waals surface area contributed by atoms with Gasteiger partial charge in [0.2, 0.25) is 0 Å². The van der Waals surface area contributed by atoms with Gasteiger partial charge in [-0.15, -0.1) is 11.3 Å². The number of H-pyrrole nitrogens is 1. The summed E-state index contributed by atoms with van der Waals surface area (Å²) in [6, 6.07) is 17.0.